The SMILES string of the molecule is COc1ccc(-c2ccc(C#N)c(SCC(=O)Nc3cccc(C)c3C)n2)cc1. The molecule has 0 fully saturated rings. The van der Waals surface area contributed by atoms with Crippen molar-refractivity contribution in [2.24, 2.45) is 0 Å². The first-order valence-electron chi connectivity index (χ1n) is 9.06. The maximum atomic E-state index is 12.4. The van der Waals surface area contributed by atoms with Gasteiger partial charge in [0.15, 0.2) is 0 Å². The molecule has 2 aromatic carbocycles. The monoisotopic (exact) mass is 403 g/mol. The van der Waals surface area contributed by atoms with E-state index >= 15 is 0 Å². The fourth-order valence-corrected chi connectivity index (χ4v) is 3.54. The van der Waals surface area contributed by atoms with Crippen LogP contribution in [0.1, 0.15) is 16.7 Å². The molecule has 6 heteroatoms. The summed E-state index contributed by atoms with van der Waals surface area (Å²) in [5.74, 6) is 0.797. The van der Waals surface area contributed by atoms with Crippen molar-refractivity contribution in [3.63, 3.8) is 0 Å². The number of anilines is 1. The Morgan fingerprint density at radius 2 is 1.90 bits per heavy atom. The second-order valence-electron chi connectivity index (χ2n) is 6.47. The molecule has 0 spiro atoms. The number of carbonyl (C=O) groups excluding carboxylic acids is 1. The summed E-state index contributed by atoms with van der Waals surface area (Å²) in [6, 6.07) is 19.0. The zero-order valence-electron chi connectivity index (χ0n) is 16.5. The zero-order chi connectivity index (χ0) is 20.8. The topological polar surface area (TPSA) is 75.0 Å². The highest BCUT2D eigenvalue weighted by Gasteiger charge is 2.12. The summed E-state index contributed by atoms with van der Waals surface area (Å²) in [6.07, 6.45) is 0. The van der Waals surface area contributed by atoms with Gasteiger partial charge in [-0.25, -0.2) is 4.98 Å². The van der Waals surface area contributed by atoms with E-state index in [0.717, 1.165) is 33.8 Å². The molecule has 1 heterocycles. The molecule has 146 valence electrons. The summed E-state index contributed by atoms with van der Waals surface area (Å²) >= 11 is 1.26. The van der Waals surface area contributed by atoms with Crippen LogP contribution in [0, 0.1) is 25.2 Å². The number of methoxy groups -OCH3 is 1. The van der Waals surface area contributed by atoms with Crippen molar-refractivity contribution in [1.82, 2.24) is 4.98 Å². The Hall–Kier alpha value is -3.30. The van der Waals surface area contributed by atoms with Gasteiger partial charge in [0.2, 0.25) is 5.91 Å². The number of hydrogen-bond acceptors (Lipinski definition) is 5. The Kier molecular flexibility index (Phi) is 6.53. The predicted molar refractivity (Wildman–Crippen MR) is 116 cm³/mol. The number of aromatic nitrogens is 1. The minimum atomic E-state index is -0.135. The molecule has 0 aliphatic rings. The molecule has 1 aromatic heterocycles. The molecule has 0 aliphatic carbocycles. The lowest BCUT2D eigenvalue weighted by Gasteiger charge is -2.11. The van der Waals surface area contributed by atoms with E-state index in [4.69, 9.17) is 4.74 Å². The first-order chi connectivity index (χ1) is 14.0. The third kappa shape index (κ3) is 4.95. The number of amides is 1. The number of nitriles is 1. The molecule has 0 unspecified atom stereocenters. The molecule has 3 rings (SSSR count). The second-order valence-corrected chi connectivity index (χ2v) is 7.44. The van der Waals surface area contributed by atoms with E-state index in [9.17, 15) is 10.1 Å². The number of pyridine rings is 1. The highest BCUT2D eigenvalue weighted by atomic mass is 32.2. The number of ether oxygens (including phenoxy) is 1. The van der Waals surface area contributed by atoms with Crippen LogP contribution in [0.3, 0.4) is 0 Å². The lowest BCUT2D eigenvalue weighted by Crippen LogP contribution is -2.15. The second kappa shape index (κ2) is 9.26. The van der Waals surface area contributed by atoms with Crippen LogP contribution in [0.25, 0.3) is 11.3 Å². The number of carbonyl (C=O) groups is 1. The number of benzene rings is 2. The van der Waals surface area contributed by atoms with Crippen LogP contribution in [-0.4, -0.2) is 23.8 Å². The molecule has 0 radical (unpaired) electrons. The van der Waals surface area contributed by atoms with Crippen molar-refractivity contribution in [2.75, 3.05) is 18.2 Å². The highest BCUT2D eigenvalue weighted by Crippen LogP contribution is 2.27. The van der Waals surface area contributed by atoms with Gasteiger partial charge in [0, 0.05) is 11.3 Å². The third-order valence-electron chi connectivity index (χ3n) is 4.59. The fraction of sp³-hybridized carbons (Fsp3) is 0.174. The third-order valence-corrected chi connectivity index (χ3v) is 5.58. The van der Waals surface area contributed by atoms with E-state index in [1.54, 1.807) is 19.2 Å². The van der Waals surface area contributed by atoms with E-state index in [0.29, 0.717) is 10.6 Å². The van der Waals surface area contributed by atoms with Crippen LogP contribution in [-0.2, 0) is 4.79 Å². The molecule has 0 bridgehead atoms. The summed E-state index contributed by atoms with van der Waals surface area (Å²) in [4.78, 5) is 17.0. The highest BCUT2D eigenvalue weighted by molar-refractivity contribution is 8.00. The Balaban J connectivity index is 1.74. The average Bonchev–Trinajstić information content (AvgIpc) is 2.75. The van der Waals surface area contributed by atoms with E-state index in [1.807, 2.05) is 56.3 Å². The van der Waals surface area contributed by atoms with Gasteiger partial charge in [-0.05, 0) is 67.4 Å². The molecule has 1 N–H and O–H groups in total. The number of aryl methyl sites for hydroxylation is 1. The zero-order valence-corrected chi connectivity index (χ0v) is 17.3. The summed E-state index contributed by atoms with van der Waals surface area (Å²) in [7, 11) is 1.62. The Labute approximate surface area is 174 Å². The van der Waals surface area contributed by atoms with Gasteiger partial charge in [-0.1, -0.05) is 23.9 Å². The van der Waals surface area contributed by atoms with Gasteiger partial charge in [-0.3, -0.25) is 4.79 Å². The Morgan fingerprint density at radius 3 is 2.59 bits per heavy atom. The fourth-order valence-electron chi connectivity index (χ4n) is 2.76. The van der Waals surface area contributed by atoms with Crippen molar-refractivity contribution >= 4 is 23.4 Å². The predicted octanol–water partition coefficient (Wildman–Crippen LogP) is 4.98. The van der Waals surface area contributed by atoms with Crippen LogP contribution in [0.15, 0.2) is 59.6 Å². The smallest absolute Gasteiger partial charge is 0.234 e. The summed E-state index contributed by atoms with van der Waals surface area (Å²) in [5, 5.41) is 12.9. The standard InChI is InChI=1S/C23H21N3O2S/c1-15-5-4-6-20(16(15)2)25-22(27)14-29-23-18(13-24)9-12-21(26-23)17-7-10-19(28-3)11-8-17/h4-12H,14H2,1-3H3,(H,25,27). The summed E-state index contributed by atoms with van der Waals surface area (Å²) in [5.41, 5.74) is 5.07. The van der Waals surface area contributed by atoms with Gasteiger partial charge in [0.05, 0.1) is 24.1 Å². The van der Waals surface area contributed by atoms with E-state index < -0.39 is 0 Å². The van der Waals surface area contributed by atoms with Gasteiger partial charge >= 0.3 is 0 Å². The van der Waals surface area contributed by atoms with Crippen molar-refractivity contribution in [2.45, 2.75) is 18.9 Å². The quantitative estimate of drug-likeness (QED) is 0.588. The number of rotatable bonds is 6. The molecular formula is C23H21N3O2S. The first kappa shape index (κ1) is 20.4. The van der Waals surface area contributed by atoms with Gasteiger partial charge in [-0.15, -0.1) is 0 Å². The van der Waals surface area contributed by atoms with E-state index in [2.05, 4.69) is 16.4 Å². The maximum absolute atomic E-state index is 12.4. The molecule has 0 saturated heterocycles. The molecule has 29 heavy (non-hydrogen) atoms. The van der Waals surface area contributed by atoms with Crippen molar-refractivity contribution in [3.05, 3.63) is 71.3 Å². The first-order valence-corrected chi connectivity index (χ1v) is 10.0. The van der Waals surface area contributed by atoms with Gasteiger partial charge in [-0.2, -0.15) is 5.26 Å². The molecule has 5 nitrogen and oxygen atoms in total. The molecule has 0 atom stereocenters. The number of nitrogens with zero attached hydrogens (tertiary/aromatic N) is 2. The Morgan fingerprint density at radius 1 is 1.14 bits per heavy atom. The minimum absolute atomic E-state index is 0.135. The molecule has 0 aliphatic heterocycles. The number of thioether (sulfide) groups is 1. The van der Waals surface area contributed by atoms with Crippen LogP contribution in [0.4, 0.5) is 5.69 Å². The van der Waals surface area contributed by atoms with Crippen molar-refractivity contribution in [1.29, 1.82) is 5.26 Å². The van der Waals surface area contributed by atoms with Crippen molar-refractivity contribution in [3.8, 4) is 23.1 Å². The Bertz CT molecular complexity index is 1070. The minimum Gasteiger partial charge on any atom is -0.497 e. The van der Waals surface area contributed by atoms with E-state index in [1.165, 1.54) is 11.8 Å². The largest absolute Gasteiger partial charge is 0.497 e. The average molecular weight is 404 g/mol. The summed E-state index contributed by atoms with van der Waals surface area (Å²) in [6.45, 7) is 3.99. The van der Waals surface area contributed by atoms with Crippen LogP contribution >= 0.6 is 11.8 Å². The maximum Gasteiger partial charge on any atom is 0.234 e. The van der Waals surface area contributed by atoms with E-state index in [-0.39, 0.29) is 11.7 Å². The molecule has 3 aromatic rings. The number of nitrogens with one attached hydrogen (secondary N) is 1. The lowest BCUT2D eigenvalue weighted by atomic mass is 10.1. The van der Waals surface area contributed by atoms with Gasteiger partial charge in [0.25, 0.3) is 0 Å². The van der Waals surface area contributed by atoms with Crippen molar-refractivity contribution < 1.29 is 9.53 Å². The molecule has 0 saturated carbocycles. The van der Waals surface area contributed by atoms with Crippen LogP contribution < -0.4 is 10.1 Å². The van der Waals surface area contributed by atoms with Crippen LogP contribution in [0.5, 0.6) is 5.75 Å². The normalized spacial score (nSPS) is 10.3. The molecule has 1 amide bonds. The number of hydrogen-bond donors (Lipinski definition) is 1. The summed E-state index contributed by atoms with van der Waals surface area (Å²) < 4.78 is 5.18. The molecular weight excluding hydrogens is 382 g/mol. The van der Waals surface area contributed by atoms with Gasteiger partial charge in [0.1, 0.15) is 16.8 Å². The van der Waals surface area contributed by atoms with Crippen LogP contribution in [0.2, 0.25) is 0 Å². The van der Waals surface area contributed by atoms with Gasteiger partial charge < -0.3 is 10.1 Å². The lowest BCUT2D eigenvalue weighted by molar-refractivity contribution is -0.113.